The van der Waals surface area contributed by atoms with Gasteiger partial charge in [0.05, 0.1) is 11.6 Å². The minimum absolute atomic E-state index is 0.0942. The summed E-state index contributed by atoms with van der Waals surface area (Å²) >= 11 is 0. The van der Waals surface area contributed by atoms with Crippen molar-refractivity contribution in [2.24, 2.45) is 0 Å². The number of fused-ring (bicyclic) bond motifs is 1. The van der Waals surface area contributed by atoms with E-state index in [2.05, 4.69) is 15.4 Å². The van der Waals surface area contributed by atoms with Crippen LogP contribution in [0.3, 0.4) is 0 Å². The Morgan fingerprint density at radius 2 is 2.04 bits per heavy atom. The van der Waals surface area contributed by atoms with E-state index in [-0.39, 0.29) is 23.0 Å². The lowest BCUT2D eigenvalue weighted by atomic mass is 10.1. The first kappa shape index (κ1) is 18.6. The van der Waals surface area contributed by atoms with E-state index < -0.39 is 18.8 Å². The number of amides is 2. The van der Waals surface area contributed by atoms with Gasteiger partial charge in [0.15, 0.2) is 6.61 Å². The van der Waals surface area contributed by atoms with E-state index in [0.717, 1.165) is 18.4 Å². The first-order chi connectivity index (χ1) is 12.9. The summed E-state index contributed by atoms with van der Waals surface area (Å²) in [6.45, 7) is -1.49. The minimum atomic E-state index is -4.50. The molecule has 0 spiro atoms. The molecule has 0 fully saturated rings. The van der Waals surface area contributed by atoms with Crippen molar-refractivity contribution in [1.82, 2.24) is 5.32 Å². The van der Waals surface area contributed by atoms with Gasteiger partial charge in [-0.05, 0) is 42.2 Å². The number of hydrogen-bond donors (Lipinski definition) is 2. The third kappa shape index (κ3) is 4.70. The van der Waals surface area contributed by atoms with Crippen molar-refractivity contribution >= 4 is 11.7 Å². The summed E-state index contributed by atoms with van der Waals surface area (Å²) in [6.07, 6.45) is -2.83. The van der Waals surface area contributed by atoms with Gasteiger partial charge in [-0.25, -0.2) is 4.79 Å². The van der Waals surface area contributed by atoms with Gasteiger partial charge in [0.2, 0.25) is 0 Å². The summed E-state index contributed by atoms with van der Waals surface area (Å²) in [5.41, 5.74) is 2.46. The normalized spacial score (nSPS) is 15.6. The number of urea groups is 1. The molecule has 3 rings (SSSR count). The van der Waals surface area contributed by atoms with Crippen LogP contribution < -0.4 is 15.4 Å². The van der Waals surface area contributed by atoms with Gasteiger partial charge in [-0.15, -0.1) is 0 Å². The number of rotatable bonds is 4. The van der Waals surface area contributed by atoms with Crippen LogP contribution in [0.4, 0.5) is 23.7 Å². The van der Waals surface area contributed by atoms with Gasteiger partial charge < -0.3 is 15.4 Å². The topological polar surface area (TPSA) is 74.2 Å². The Bertz CT molecular complexity index is 890. The zero-order chi connectivity index (χ0) is 19.4. The molecule has 1 unspecified atom stereocenters. The first-order valence-electron chi connectivity index (χ1n) is 8.25. The number of anilines is 1. The third-order valence-corrected chi connectivity index (χ3v) is 4.19. The number of nitrogens with zero attached hydrogens (tertiary/aromatic N) is 1. The Morgan fingerprint density at radius 3 is 2.78 bits per heavy atom. The molecule has 140 valence electrons. The monoisotopic (exact) mass is 375 g/mol. The maximum absolute atomic E-state index is 12.3. The van der Waals surface area contributed by atoms with Gasteiger partial charge in [0, 0.05) is 5.69 Å². The average Bonchev–Trinajstić information content (AvgIpc) is 3.02. The van der Waals surface area contributed by atoms with Crippen molar-refractivity contribution in [1.29, 1.82) is 5.26 Å². The number of benzene rings is 2. The number of nitriles is 1. The summed E-state index contributed by atoms with van der Waals surface area (Å²) in [6, 6.07) is 12.9. The molecule has 5 nitrogen and oxygen atoms in total. The van der Waals surface area contributed by atoms with Crippen molar-refractivity contribution in [3.8, 4) is 11.8 Å². The smallest absolute Gasteiger partial charge is 0.422 e. The van der Waals surface area contributed by atoms with Gasteiger partial charge >= 0.3 is 12.2 Å². The molecule has 8 heteroatoms. The van der Waals surface area contributed by atoms with E-state index in [0.29, 0.717) is 0 Å². The molecule has 0 heterocycles. The number of aryl methyl sites for hydroxylation is 1. The second-order valence-corrected chi connectivity index (χ2v) is 6.12. The standard InChI is InChI=1S/C19H16F3N3O2/c20-19(21,22)11-27-17-8-6-14(9-13(17)10-23)24-18(26)25-16-7-5-12-3-1-2-4-15(12)16/h1-4,6,8-9,16H,5,7,11H2,(H2,24,25,26). The number of carbonyl (C=O) groups excluding carboxylic acids is 1. The molecule has 1 aliphatic rings. The maximum Gasteiger partial charge on any atom is 0.422 e. The molecule has 0 bridgehead atoms. The van der Waals surface area contributed by atoms with Crippen molar-refractivity contribution < 1.29 is 22.7 Å². The summed E-state index contributed by atoms with van der Waals surface area (Å²) in [7, 11) is 0. The van der Waals surface area contributed by atoms with Crippen molar-refractivity contribution in [2.75, 3.05) is 11.9 Å². The van der Waals surface area contributed by atoms with Gasteiger partial charge in [-0.2, -0.15) is 18.4 Å². The van der Waals surface area contributed by atoms with Crippen LogP contribution in [-0.4, -0.2) is 18.8 Å². The quantitative estimate of drug-likeness (QED) is 0.836. The van der Waals surface area contributed by atoms with Crippen molar-refractivity contribution in [2.45, 2.75) is 25.1 Å². The second-order valence-electron chi connectivity index (χ2n) is 6.12. The second kappa shape index (κ2) is 7.58. The fourth-order valence-electron chi connectivity index (χ4n) is 3.01. The molecular weight excluding hydrogens is 359 g/mol. The summed E-state index contributed by atoms with van der Waals surface area (Å²) in [5.74, 6) is -0.189. The van der Waals surface area contributed by atoms with E-state index in [9.17, 15) is 18.0 Å². The molecule has 0 aromatic heterocycles. The molecule has 0 aliphatic heterocycles. The zero-order valence-electron chi connectivity index (χ0n) is 14.1. The lowest BCUT2D eigenvalue weighted by Gasteiger charge is -2.15. The molecule has 2 aromatic rings. The number of nitrogens with one attached hydrogen (secondary N) is 2. The molecule has 1 atom stereocenters. The molecule has 0 saturated heterocycles. The minimum Gasteiger partial charge on any atom is -0.483 e. The molecular formula is C19H16F3N3O2. The highest BCUT2D eigenvalue weighted by Crippen LogP contribution is 2.31. The molecule has 27 heavy (non-hydrogen) atoms. The van der Waals surface area contributed by atoms with Crippen LogP contribution in [0.2, 0.25) is 0 Å². The highest BCUT2D eigenvalue weighted by atomic mass is 19.4. The van der Waals surface area contributed by atoms with E-state index in [1.165, 1.54) is 23.8 Å². The zero-order valence-corrected chi connectivity index (χ0v) is 14.1. The fraction of sp³-hybridized carbons (Fsp3) is 0.263. The fourth-order valence-corrected chi connectivity index (χ4v) is 3.01. The van der Waals surface area contributed by atoms with Gasteiger partial charge in [0.1, 0.15) is 11.8 Å². The van der Waals surface area contributed by atoms with Crippen LogP contribution in [0.5, 0.6) is 5.75 Å². The summed E-state index contributed by atoms with van der Waals surface area (Å²) in [5, 5.41) is 14.6. The first-order valence-corrected chi connectivity index (χ1v) is 8.25. The highest BCUT2D eigenvalue weighted by molar-refractivity contribution is 5.90. The third-order valence-electron chi connectivity index (χ3n) is 4.19. The Morgan fingerprint density at radius 1 is 1.26 bits per heavy atom. The van der Waals surface area contributed by atoms with Crippen LogP contribution in [0.25, 0.3) is 0 Å². The van der Waals surface area contributed by atoms with Gasteiger partial charge in [-0.1, -0.05) is 24.3 Å². The Kier molecular flexibility index (Phi) is 5.21. The van der Waals surface area contributed by atoms with Crippen molar-refractivity contribution in [3.05, 3.63) is 59.2 Å². The Balaban J connectivity index is 1.64. The molecule has 2 aromatic carbocycles. The van der Waals surface area contributed by atoms with E-state index in [1.54, 1.807) is 6.07 Å². The van der Waals surface area contributed by atoms with E-state index in [4.69, 9.17) is 5.26 Å². The van der Waals surface area contributed by atoms with E-state index >= 15 is 0 Å². The van der Waals surface area contributed by atoms with E-state index in [1.807, 2.05) is 24.3 Å². The predicted molar refractivity (Wildman–Crippen MR) is 92.4 cm³/mol. The highest BCUT2D eigenvalue weighted by Gasteiger charge is 2.29. The van der Waals surface area contributed by atoms with Gasteiger partial charge in [-0.3, -0.25) is 0 Å². The summed E-state index contributed by atoms with van der Waals surface area (Å²) in [4.78, 5) is 12.2. The predicted octanol–water partition coefficient (Wildman–Crippen LogP) is 4.31. The molecule has 1 aliphatic carbocycles. The van der Waals surface area contributed by atoms with Crippen LogP contribution in [0.15, 0.2) is 42.5 Å². The maximum atomic E-state index is 12.3. The number of hydrogen-bond acceptors (Lipinski definition) is 3. The van der Waals surface area contributed by atoms with Crippen molar-refractivity contribution in [3.63, 3.8) is 0 Å². The Hall–Kier alpha value is -3.21. The molecule has 0 radical (unpaired) electrons. The average molecular weight is 375 g/mol. The largest absolute Gasteiger partial charge is 0.483 e. The lowest BCUT2D eigenvalue weighted by molar-refractivity contribution is -0.153. The Labute approximate surface area is 153 Å². The van der Waals surface area contributed by atoms with Crippen LogP contribution >= 0.6 is 0 Å². The van der Waals surface area contributed by atoms with Crippen LogP contribution in [0.1, 0.15) is 29.2 Å². The SMILES string of the molecule is N#Cc1cc(NC(=O)NC2CCc3ccccc32)ccc1OCC(F)(F)F. The summed E-state index contributed by atoms with van der Waals surface area (Å²) < 4.78 is 41.4. The number of halogens is 3. The van der Waals surface area contributed by atoms with Crippen LogP contribution in [-0.2, 0) is 6.42 Å². The van der Waals surface area contributed by atoms with Gasteiger partial charge in [0.25, 0.3) is 0 Å². The molecule has 2 amide bonds. The molecule has 2 N–H and O–H groups in total. The van der Waals surface area contributed by atoms with Crippen LogP contribution in [0, 0.1) is 11.3 Å². The lowest BCUT2D eigenvalue weighted by Crippen LogP contribution is -2.31. The number of alkyl halides is 3. The number of ether oxygens (including phenoxy) is 1. The number of carbonyl (C=O) groups is 1. The molecule has 0 saturated carbocycles.